The normalized spacial score (nSPS) is 16.5. The number of thioether (sulfide) groups is 1. The number of anilines is 1. The Balaban J connectivity index is 0.00000361. The molecule has 4 rings (SSSR count). The van der Waals surface area contributed by atoms with Crippen LogP contribution < -0.4 is 4.90 Å². The number of nitrogens with zero attached hydrogens (tertiary/aromatic N) is 4. The fraction of sp³-hybridized carbons (Fsp3) is 0.478. The highest BCUT2D eigenvalue weighted by Gasteiger charge is 2.42. The number of likely N-dealkylation sites (N-methyl/N-ethyl adjacent to an activating group) is 1. The van der Waals surface area contributed by atoms with Gasteiger partial charge >= 0.3 is 0 Å². The Bertz CT molecular complexity index is 1290. The van der Waals surface area contributed by atoms with E-state index in [-0.39, 0.29) is 22.5 Å². The van der Waals surface area contributed by atoms with Crippen molar-refractivity contribution in [3.8, 4) is 0 Å². The molecule has 0 spiro atoms. The van der Waals surface area contributed by atoms with Crippen LogP contribution in [0, 0.1) is 0 Å². The first kappa shape index (κ1) is 29.6. The van der Waals surface area contributed by atoms with Gasteiger partial charge in [-0.2, -0.15) is 4.31 Å². The maximum absolute atomic E-state index is 14.0. The number of thiazole rings is 1. The number of rotatable bonds is 10. The number of halogens is 2. The highest BCUT2D eigenvalue weighted by Crippen LogP contribution is 2.37. The lowest BCUT2D eigenvalue weighted by atomic mass is 10.2. The van der Waals surface area contributed by atoms with Crippen molar-refractivity contribution >= 4 is 89.7 Å². The minimum atomic E-state index is -3.81. The van der Waals surface area contributed by atoms with Crippen LogP contribution in [0.25, 0.3) is 10.2 Å². The lowest BCUT2D eigenvalue weighted by Gasteiger charge is -2.29. The van der Waals surface area contributed by atoms with Gasteiger partial charge in [-0.3, -0.25) is 9.69 Å². The first-order chi connectivity index (χ1) is 16.8. The molecule has 2 aromatic heterocycles. The minimum Gasteiger partial charge on any atom is -0.302 e. The van der Waals surface area contributed by atoms with Gasteiger partial charge in [-0.1, -0.05) is 42.9 Å². The summed E-state index contributed by atoms with van der Waals surface area (Å²) >= 11 is 10.1. The van der Waals surface area contributed by atoms with Gasteiger partial charge in [-0.15, -0.1) is 35.5 Å². The molecule has 198 valence electrons. The molecule has 1 saturated heterocycles. The zero-order valence-corrected chi connectivity index (χ0v) is 25.2. The molecule has 0 radical (unpaired) electrons. The molecule has 0 saturated carbocycles. The van der Waals surface area contributed by atoms with Crippen molar-refractivity contribution in [2.24, 2.45) is 0 Å². The summed E-state index contributed by atoms with van der Waals surface area (Å²) in [5, 5.41) is 0.613. The van der Waals surface area contributed by atoms with Crippen LogP contribution in [-0.4, -0.2) is 73.5 Å². The molecule has 3 heterocycles. The van der Waals surface area contributed by atoms with Crippen molar-refractivity contribution in [3.05, 3.63) is 34.7 Å². The van der Waals surface area contributed by atoms with E-state index in [0.717, 1.165) is 39.5 Å². The van der Waals surface area contributed by atoms with Crippen LogP contribution in [0.15, 0.2) is 39.4 Å². The second-order valence-corrected chi connectivity index (χ2v) is 13.8. The minimum absolute atomic E-state index is 0. The third-order valence-corrected chi connectivity index (χ3v) is 11.6. The zero-order chi connectivity index (χ0) is 25.2. The van der Waals surface area contributed by atoms with Crippen molar-refractivity contribution < 1.29 is 13.2 Å². The molecule has 0 bridgehead atoms. The Morgan fingerprint density at radius 2 is 1.94 bits per heavy atom. The predicted octanol–water partition coefficient (Wildman–Crippen LogP) is 5.68. The summed E-state index contributed by atoms with van der Waals surface area (Å²) in [7, 11) is -3.81. The average Bonchev–Trinajstić information content (AvgIpc) is 3.60. The van der Waals surface area contributed by atoms with Gasteiger partial charge in [0.15, 0.2) is 5.13 Å². The van der Waals surface area contributed by atoms with Crippen LogP contribution in [0.3, 0.4) is 0 Å². The van der Waals surface area contributed by atoms with Crippen molar-refractivity contribution in [1.82, 2.24) is 14.2 Å². The van der Waals surface area contributed by atoms with Gasteiger partial charge in [0.05, 0.1) is 14.6 Å². The second-order valence-electron chi connectivity index (χ2n) is 8.15. The van der Waals surface area contributed by atoms with Crippen LogP contribution in [0.1, 0.15) is 26.7 Å². The van der Waals surface area contributed by atoms with E-state index < -0.39 is 16.1 Å². The molecule has 1 aliphatic heterocycles. The molecule has 1 aliphatic rings. The lowest BCUT2D eigenvalue weighted by Crippen LogP contribution is -2.49. The molecule has 0 N–H and O–H groups in total. The summed E-state index contributed by atoms with van der Waals surface area (Å²) in [4.78, 5) is 23.9. The Morgan fingerprint density at radius 3 is 2.58 bits per heavy atom. The number of hydrogen-bond donors (Lipinski definition) is 0. The molecule has 1 unspecified atom stereocenters. The number of sulfonamides is 1. The van der Waals surface area contributed by atoms with Gasteiger partial charge in [0, 0.05) is 24.5 Å². The molecule has 1 atom stereocenters. The summed E-state index contributed by atoms with van der Waals surface area (Å²) < 4.78 is 29.7. The third kappa shape index (κ3) is 6.04. The van der Waals surface area contributed by atoms with Crippen molar-refractivity contribution in [2.75, 3.05) is 43.9 Å². The SMILES string of the molecule is CCN(CC)CCN(C(=O)C1CCCN1S(=O)(=O)c1ccc(Cl)s1)c1nc2c(SC)cccc2s1.Cl. The lowest BCUT2D eigenvalue weighted by molar-refractivity contribution is -0.121. The maximum atomic E-state index is 14.0. The van der Waals surface area contributed by atoms with E-state index in [1.165, 1.54) is 21.7 Å². The van der Waals surface area contributed by atoms with E-state index in [2.05, 4.69) is 18.7 Å². The highest BCUT2D eigenvalue weighted by molar-refractivity contribution is 7.98. The molecule has 36 heavy (non-hydrogen) atoms. The van der Waals surface area contributed by atoms with Crippen molar-refractivity contribution in [1.29, 1.82) is 0 Å². The Labute approximate surface area is 236 Å². The first-order valence-corrected chi connectivity index (χ1v) is 16.2. The molecule has 1 aromatic carbocycles. The molecule has 1 fully saturated rings. The van der Waals surface area contributed by atoms with Gasteiger partial charge < -0.3 is 4.90 Å². The fourth-order valence-corrected chi connectivity index (χ4v) is 9.19. The Kier molecular flexibility index (Phi) is 10.5. The summed E-state index contributed by atoms with van der Waals surface area (Å²) in [6.45, 7) is 7.38. The Morgan fingerprint density at radius 1 is 1.19 bits per heavy atom. The van der Waals surface area contributed by atoms with Crippen LogP contribution >= 0.6 is 58.4 Å². The standard InChI is InChI=1S/C23H29ClN4O3S4.ClH/c1-4-26(5-2)14-15-27(23-25-21-17(32-3)9-6-10-18(21)33-23)22(29)16-8-7-13-28(16)35(30,31)20-12-11-19(24)34-20;/h6,9-12,16H,4-5,7-8,13-15H2,1-3H3;1H. The smallest absolute Gasteiger partial charge is 0.253 e. The number of thiophene rings is 1. The maximum Gasteiger partial charge on any atom is 0.253 e. The number of amides is 1. The predicted molar refractivity (Wildman–Crippen MR) is 155 cm³/mol. The average molecular weight is 610 g/mol. The second kappa shape index (κ2) is 12.8. The number of fused-ring (bicyclic) bond motifs is 1. The van der Waals surface area contributed by atoms with E-state index in [0.29, 0.717) is 41.9 Å². The Hall–Kier alpha value is -0.920. The zero-order valence-electron chi connectivity index (χ0n) is 20.3. The first-order valence-electron chi connectivity index (χ1n) is 11.5. The van der Waals surface area contributed by atoms with Gasteiger partial charge in [0.25, 0.3) is 10.0 Å². The summed E-state index contributed by atoms with van der Waals surface area (Å²) in [6, 6.07) is 8.36. The molecule has 13 heteroatoms. The fourth-order valence-electron chi connectivity index (χ4n) is 4.28. The number of benzene rings is 1. The van der Waals surface area contributed by atoms with E-state index in [1.807, 2.05) is 24.5 Å². The molecule has 7 nitrogen and oxygen atoms in total. The number of para-hydroxylation sites is 1. The largest absolute Gasteiger partial charge is 0.302 e. The number of carbonyl (C=O) groups is 1. The molecular weight excluding hydrogens is 579 g/mol. The van der Waals surface area contributed by atoms with Crippen LogP contribution in [0.2, 0.25) is 4.34 Å². The number of hydrogen-bond acceptors (Lipinski definition) is 8. The topological polar surface area (TPSA) is 73.8 Å². The van der Waals surface area contributed by atoms with Gasteiger partial charge in [-0.05, 0) is 56.5 Å². The monoisotopic (exact) mass is 608 g/mol. The van der Waals surface area contributed by atoms with Crippen LogP contribution in [0.4, 0.5) is 5.13 Å². The van der Waals surface area contributed by atoms with Crippen molar-refractivity contribution in [3.63, 3.8) is 0 Å². The molecule has 0 aliphatic carbocycles. The summed E-state index contributed by atoms with van der Waals surface area (Å²) in [6.07, 6.45) is 3.13. The number of carbonyl (C=O) groups excluding carboxylic acids is 1. The third-order valence-electron chi connectivity index (χ3n) is 6.22. The highest BCUT2D eigenvalue weighted by atomic mass is 35.5. The van der Waals surface area contributed by atoms with Gasteiger partial charge in [-0.25, -0.2) is 13.4 Å². The summed E-state index contributed by atoms with van der Waals surface area (Å²) in [5.74, 6) is -0.217. The van der Waals surface area contributed by atoms with Gasteiger partial charge in [0.2, 0.25) is 5.91 Å². The van der Waals surface area contributed by atoms with Crippen LogP contribution in [-0.2, 0) is 14.8 Å². The summed E-state index contributed by atoms with van der Waals surface area (Å²) in [5.41, 5.74) is 0.879. The molecule has 1 amide bonds. The van der Waals surface area contributed by atoms with Crippen molar-refractivity contribution in [2.45, 2.75) is 41.8 Å². The quantitative estimate of drug-likeness (QED) is 0.276. The molecule has 3 aromatic rings. The van der Waals surface area contributed by atoms with E-state index in [9.17, 15) is 13.2 Å². The van der Waals surface area contributed by atoms with E-state index in [4.69, 9.17) is 16.6 Å². The molecular formula is C23H30Cl2N4O3S4. The van der Waals surface area contributed by atoms with Gasteiger partial charge in [0.1, 0.15) is 10.3 Å². The van der Waals surface area contributed by atoms with E-state index >= 15 is 0 Å². The van der Waals surface area contributed by atoms with E-state index in [1.54, 1.807) is 22.7 Å². The van der Waals surface area contributed by atoms with Crippen LogP contribution in [0.5, 0.6) is 0 Å². The number of aromatic nitrogens is 1.